The Hall–Kier alpha value is -1.41. The van der Waals surface area contributed by atoms with Gasteiger partial charge < -0.3 is 10.8 Å². The third kappa shape index (κ3) is 2.64. The summed E-state index contributed by atoms with van der Waals surface area (Å²) in [5, 5.41) is 16.6. The topological polar surface area (TPSA) is 97.5 Å². The Balaban J connectivity index is 2.37. The average Bonchev–Trinajstić information content (AvgIpc) is 2.67. The van der Waals surface area contributed by atoms with Gasteiger partial charge in [-0.25, -0.2) is 9.62 Å². The van der Waals surface area contributed by atoms with Crippen molar-refractivity contribution in [2.24, 2.45) is 4.99 Å². The molecule has 0 aliphatic carbocycles. The van der Waals surface area contributed by atoms with E-state index in [-0.39, 0.29) is 17.4 Å². The third-order valence-corrected chi connectivity index (χ3v) is 2.94. The summed E-state index contributed by atoms with van der Waals surface area (Å²) in [4.78, 5) is 3.96. The van der Waals surface area contributed by atoms with Gasteiger partial charge >= 0.3 is 0 Å². The van der Waals surface area contributed by atoms with Gasteiger partial charge in [0.1, 0.15) is 5.75 Å². The summed E-state index contributed by atoms with van der Waals surface area (Å²) in [7, 11) is 0. The quantitative estimate of drug-likeness (QED) is 0.801. The van der Waals surface area contributed by atoms with E-state index in [0.29, 0.717) is 10.0 Å². The molecule has 2 aromatic rings. The van der Waals surface area contributed by atoms with Crippen molar-refractivity contribution in [3.63, 3.8) is 0 Å². The highest BCUT2D eigenvalue weighted by molar-refractivity contribution is 9.11. The summed E-state index contributed by atoms with van der Waals surface area (Å²) in [6, 6.07) is 3.42. The number of halogens is 2. The van der Waals surface area contributed by atoms with Crippen LogP contribution in [0, 0.1) is 0 Å². The lowest BCUT2D eigenvalue weighted by atomic mass is 10.2. The predicted octanol–water partition coefficient (Wildman–Crippen LogP) is 2.63. The number of anilines is 1. The Bertz CT molecular complexity index is 582. The maximum atomic E-state index is 9.77. The van der Waals surface area contributed by atoms with Crippen molar-refractivity contribution < 1.29 is 9.74 Å². The van der Waals surface area contributed by atoms with E-state index in [1.54, 1.807) is 12.1 Å². The highest BCUT2D eigenvalue weighted by atomic mass is 79.9. The molecule has 1 heterocycles. The second-order valence-corrected chi connectivity index (χ2v) is 4.83. The minimum Gasteiger partial charge on any atom is -0.506 e. The van der Waals surface area contributed by atoms with E-state index in [0.717, 1.165) is 4.47 Å². The molecule has 0 aliphatic rings. The summed E-state index contributed by atoms with van der Waals surface area (Å²) >= 11 is 6.52. The zero-order valence-corrected chi connectivity index (χ0v) is 11.4. The SMILES string of the molecule is Nc1nonc1N=Cc1cc(Br)cc(Br)c1O. The van der Waals surface area contributed by atoms with Gasteiger partial charge in [0.05, 0.1) is 4.47 Å². The number of benzene rings is 1. The average molecular weight is 362 g/mol. The molecule has 0 amide bonds. The van der Waals surface area contributed by atoms with Crippen molar-refractivity contribution in [1.82, 2.24) is 10.3 Å². The van der Waals surface area contributed by atoms with Crippen molar-refractivity contribution in [2.75, 3.05) is 5.73 Å². The minimum absolute atomic E-state index is 0.0759. The molecule has 6 nitrogen and oxygen atoms in total. The Kier molecular flexibility index (Phi) is 3.43. The van der Waals surface area contributed by atoms with Crippen LogP contribution in [0.15, 0.2) is 30.7 Å². The van der Waals surface area contributed by atoms with Crippen molar-refractivity contribution in [3.05, 3.63) is 26.6 Å². The molecule has 2 rings (SSSR count). The lowest BCUT2D eigenvalue weighted by Gasteiger charge is -2.02. The zero-order chi connectivity index (χ0) is 12.4. The molecule has 8 heteroatoms. The van der Waals surface area contributed by atoms with Gasteiger partial charge in [-0.3, -0.25) is 0 Å². The zero-order valence-electron chi connectivity index (χ0n) is 8.26. The molecule has 0 aliphatic heterocycles. The number of aliphatic imine (C=N–C) groups is 1. The fourth-order valence-corrected chi connectivity index (χ4v) is 2.35. The van der Waals surface area contributed by atoms with Gasteiger partial charge in [-0.05, 0) is 38.4 Å². The summed E-state index contributed by atoms with van der Waals surface area (Å²) in [5.74, 6) is 0.335. The smallest absolute Gasteiger partial charge is 0.240 e. The Morgan fingerprint density at radius 2 is 2.12 bits per heavy atom. The van der Waals surface area contributed by atoms with Crippen LogP contribution in [-0.4, -0.2) is 21.6 Å². The standard InChI is InChI=1S/C9H6Br2N4O2/c10-5-1-4(7(16)6(11)2-5)3-13-9-8(12)14-17-15-9/h1-3,16H,(H2,12,14). The highest BCUT2D eigenvalue weighted by Crippen LogP contribution is 2.31. The highest BCUT2D eigenvalue weighted by Gasteiger charge is 2.07. The Morgan fingerprint density at radius 3 is 2.76 bits per heavy atom. The number of nitrogen functional groups attached to an aromatic ring is 1. The molecule has 1 aromatic heterocycles. The summed E-state index contributed by atoms with van der Waals surface area (Å²) < 4.78 is 5.75. The number of nitrogens with two attached hydrogens (primary N) is 1. The third-order valence-electron chi connectivity index (χ3n) is 1.88. The molecule has 0 radical (unpaired) electrons. The molecule has 17 heavy (non-hydrogen) atoms. The van der Waals surface area contributed by atoms with Gasteiger partial charge in [0, 0.05) is 16.3 Å². The van der Waals surface area contributed by atoms with E-state index < -0.39 is 0 Å². The molecule has 0 bridgehead atoms. The van der Waals surface area contributed by atoms with Crippen LogP contribution in [0.25, 0.3) is 0 Å². The van der Waals surface area contributed by atoms with Crippen LogP contribution < -0.4 is 5.73 Å². The molecule has 0 spiro atoms. The lowest BCUT2D eigenvalue weighted by Crippen LogP contribution is -1.86. The van der Waals surface area contributed by atoms with Crippen LogP contribution in [0.5, 0.6) is 5.75 Å². The van der Waals surface area contributed by atoms with Gasteiger partial charge in [-0.2, -0.15) is 0 Å². The fraction of sp³-hybridized carbons (Fsp3) is 0. The van der Waals surface area contributed by atoms with E-state index in [1.165, 1.54) is 6.21 Å². The van der Waals surface area contributed by atoms with E-state index in [9.17, 15) is 5.11 Å². The van der Waals surface area contributed by atoms with Crippen molar-refractivity contribution in [3.8, 4) is 5.75 Å². The molecule has 88 valence electrons. The molecule has 0 atom stereocenters. The number of rotatable bonds is 2. The number of hydrogen-bond donors (Lipinski definition) is 2. The van der Waals surface area contributed by atoms with Crippen LogP contribution in [0.3, 0.4) is 0 Å². The van der Waals surface area contributed by atoms with E-state index >= 15 is 0 Å². The predicted molar refractivity (Wildman–Crippen MR) is 69.5 cm³/mol. The Labute approximate surface area is 113 Å². The first-order valence-electron chi connectivity index (χ1n) is 4.38. The molecule has 0 unspecified atom stereocenters. The lowest BCUT2D eigenvalue weighted by molar-refractivity contribution is 0.310. The van der Waals surface area contributed by atoms with E-state index in [1.807, 2.05) is 0 Å². The van der Waals surface area contributed by atoms with Gasteiger partial charge in [-0.15, -0.1) is 0 Å². The molecule has 0 saturated heterocycles. The van der Waals surface area contributed by atoms with Crippen LogP contribution in [0.1, 0.15) is 5.56 Å². The summed E-state index contributed by atoms with van der Waals surface area (Å²) in [5.41, 5.74) is 5.95. The van der Waals surface area contributed by atoms with Crippen LogP contribution in [0.4, 0.5) is 11.6 Å². The normalized spacial score (nSPS) is 11.2. The first-order valence-corrected chi connectivity index (χ1v) is 5.96. The Morgan fingerprint density at radius 1 is 1.35 bits per heavy atom. The van der Waals surface area contributed by atoms with Gasteiger partial charge in [0.15, 0.2) is 0 Å². The number of aromatic hydroxyl groups is 1. The van der Waals surface area contributed by atoms with Crippen LogP contribution >= 0.6 is 31.9 Å². The second-order valence-electron chi connectivity index (χ2n) is 3.06. The molecule has 3 N–H and O–H groups in total. The molecular weight excluding hydrogens is 356 g/mol. The van der Waals surface area contributed by atoms with Gasteiger partial charge in [0.25, 0.3) is 0 Å². The fourth-order valence-electron chi connectivity index (χ4n) is 1.10. The van der Waals surface area contributed by atoms with Gasteiger partial charge in [0.2, 0.25) is 11.6 Å². The minimum atomic E-state index is 0.0759. The van der Waals surface area contributed by atoms with Crippen LogP contribution in [0.2, 0.25) is 0 Å². The van der Waals surface area contributed by atoms with Crippen LogP contribution in [-0.2, 0) is 0 Å². The first-order chi connectivity index (χ1) is 8.08. The summed E-state index contributed by atoms with van der Waals surface area (Å²) in [6.07, 6.45) is 1.42. The molecule has 0 fully saturated rings. The molecule has 0 saturated carbocycles. The van der Waals surface area contributed by atoms with Crippen molar-refractivity contribution in [2.45, 2.75) is 0 Å². The molecular formula is C9H6Br2N4O2. The second kappa shape index (κ2) is 4.84. The van der Waals surface area contributed by atoms with Crippen molar-refractivity contribution >= 4 is 49.7 Å². The number of phenols is 1. The van der Waals surface area contributed by atoms with Gasteiger partial charge in [-0.1, -0.05) is 15.9 Å². The molecule has 1 aromatic carbocycles. The summed E-state index contributed by atoms with van der Waals surface area (Å²) in [6.45, 7) is 0. The van der Waals surface area contributed by atoms with Crippen molar-refractivity contribution in [1.29, 1.82) is 0 Å². The monoisotopic (exact) mass is 360 g/mol. The maximum Gasteiger partial charge on any atom is 0.240 e. The largest absolute Gasteiger partial charge is 0.506 e. The first kappa shape index (κ1) is 12.1. The number of hydrogen-bond acceptors (Lipinski definition) is 6. The van der Waals surface area contributed by atoms with E-state index in [2.05, 4.69) is 51.8 Å². The number of aromatic nitrogens is 2. The number of nitrogens with zero attached hydrogens (tertiary/aromatic N) is 3. The van der Waals surface area contributed by atoms with E-state index in [4.69, 9.17) is 5.73 Å². The maximum absolute atomic E-state index is 9.77. The number of phenolic OH excluding ortho intramolecular Hbond substituents is 1.